The first kappa shape index (κ1) is 35.8. The van der Waals surface area contributed by atoms with Crippen molar-refractivity contribution >= 4 is 40.9 Å². The van der Waals surface area contributed by atoms with Gasteiger partial charge in [0.25, 0.3) is 11.8 Å². The number of imide groups is 2. The van der Waals surface area contributed by atoms with Crippen LogP contribution in [0.1, 0.15) is 33.6 Å². The topological polar surface area (TPSA) is 160 Å². The van der Waals surface area contributed by atoms with Crippen LogP contribution in [0.15, 0.2) is 18.2 Å². The number of rotatable bonds is 25. The van der Waals surface area contributed by atoms with Crippen LogP contribution < -0.4 is 10.6 Å². The standard InChI is InChI=1S/C29H42ClN3O11/c30-6-8-38-10-12-40-14-16-42-18-20-44-21-19-43-17-15-41-13-11-39-9-7-31-23-3-1-2-22-26(23)29(37)33(28(22)36)24-4-5-25(34)32-27(24)35/h1-3,24,31H,4-21H2,(H,32,34,35). The highest BCUT2D eigenvalue weighted by Crippen LogP contribution is 2.32. The third-order valence-corrected chi connectivity index (χ3v) is 6.64. The summed E-state index contributed by atoms with van der Waals surface area (Å²) in [5, 5.41) is 5.32. The molecule has 2 aliphatic rings. The van der Waals surface area contributed by atoms with Gasteiger partial charge in [0.05, 0.1) is 104 Å². The molecule has 2 aliphatic heterocycles. The van der Waals surface area contributed by atoms with E-state index in [0.29, 0.717) is 111 Å². The largest absolute Gasteiger partial charge is 0.382 e. The van der Waals surface area contributed by atoms with Crippen molar-refractivity contribution in [3.8, 4) is 0 Å². The van der Waals surface area contributed by atoms with Gasteiger partial charge in [-0.15, -0.1) is 11.6 Å². The summed E-state index contributed by atoms with van der Waals surface area (Å²) in [5.41, 5.74) is 0.918. The van der Waals surface area contributed by atoms with Crippen molar-refractivity contribution in [2.75, 3.05) is 110 Å². The number of nitrogens with zero attached hydrogens (tertiary/aromatic N) is 1. The average Bonchev–Trinajstić information content (AvgIpc) is 3.27. The molecule has 0 spiro atoms. The molecule has 1 aromatic rings. The molecule has 0 aromatic heterocycles. The predicted molar refractivity (Wildman–Crippen MR) is 158 cm³/mol. The Morgan fingerprint density at radius 2 is 1.20 bits per heavy atom. The number of ether oxygens (including phenoxy) is 7. The Bertz CT molecular complexity index is 1060. The van der Waals surface area contributed by atoms with Crippen LogP contribution in [0.5, 0.6) is 0 Å². The number of carbonyl (C=O) groups is 4. The van der Waals surface area contributed by atoms with Gasteiger partial charge in [-0.05, 0) is 18.6 Å². The molecule has 0 bridgehead atoms. The van der Waals surface area contributed by atoms with Crippen molar-refractivity contribution in [1.82, 2.24) is 10.2 Å². The smallest absolute Gasteiger partial charge is 0.264 e. The highest BCUT2D eigenvalue weighted by Gasteiger charge is 2.45. The van der Waals surface area contributed by atoms with Crippen LogP contribution >= 0.6 is 11.6 Å². The fourth-order valence-corrected chi connectivity index (χ4v) is 4.51. The Morgan fingerprint density at radius 1 is 0.705 bits per heavy atom. The SMILES string of the molecule is O=C1CCC(N2C(=O)c3cccc(NCCOCCOCCOCCOCCOCCOCCOCCCl)c3C2=O)C(=O)N1. The van der Waals surface area contributed by atoms with E-state index < -0.39 is 29.7 Å². The number of hydrogen-bond donors (Lipinski definition) is 2. The maximum Gasteiger partial charge on any atom is 0.264 e. The lowest BCUT2D eigenvalue weighted by Gasteiger charge is -2.27. The second-order valence-electron chi connectivity index (χ2n) is 9.58. The molecular formula is C29H42ClN3O11. The van der Waals surface area contributed by atoms with Crippen LogP contribution in [-0.2, 0) is 42.7 Å². The van der Waals surface area contributed by atoms with Crippen LogP contribution in [0.2, 0.25) is 0 Å². The highest BCUT2D eigenvalue weighted by molar-refractivity contribution is 6.25. The molecule has 14 nitrogen and oxygen atoms in total. The summed E-state index contributed by atoms with van der Waals surface area (Å²) in [6.45, 7) is 6.85. The first-order valence-electron chi connectivity index (χ1n) is 14.7. The van der Waals surface area contributed by atoms with Gasteiger partial charge in [-0.1, -0.05) is 6.07 Å². The molecule has 4 amide bonds. The first-order valence-corrected chi connectivity index (χ1v) is 15.3. The number of halogens is 1. The number of carbonyl (C=O) groups excluding carboxylic acids is 4. The number of anilines is 1. The Hall–Kier alpha value is -2.69. The van der Waals surface area contributed by atoms with Crippen LogP contribution in [0.3, 0.4) is 0 Å². The second-order valence-corrected chi connectivity index (χ2v) is 9.96. The van der Waals surface area contributed by atoms with Crippen molar-refractivity contribution in [2.45, 2.75) is 18.9 Å². The number of alkyl halides is 1. The van der Waals surface area contributed by atoms with E-state index in [0.717, 1.165) is 4.90 Å². The summed E-state index contributed by atoms with van der Waals surface area (Å²) in [6, 6.07) is 3.91. The molecule has 1 saturated heterocycles. The number of fused-ring (bicyclic) bond motifs is 1. The number of hydrogen-bond acceptors (Lipinski definition) is 12. The fourth-order valence-electron chi connectivity index (χ4n) is 4.40. The van der Waals surface area contributed by atoms with Crippen molar-refractivity contribution in [2.24, 2.45) is 0 Å². The lowest BCUT2D eigenvalue weighted by molar-refractivity contribution is -0.136. The van der Waals surface area contributed by atoms with Gasteiger partial charge in [0, 0.05) is 24.5 Å². The molecule has 0 aliphatic carbocycles. The zero-order valence-corrected chi connectivity index (χ0v) is 25.6. The monoisotopic (exact) mass is 643 g/mol. The second kappa shape index (κ2) is 21.1. The van der Waals surface area contributed by atoms with Gasteiger partial charge in [0.2, 0.25) is 11.8 Å². The molecule has 44 heavy (non-hydrogen) atoms. The Kier molecular flexibility index (Phi) is 17.2. The molecule has 3 rings (SSSR count). The first-order chi connectivity index (χ1) is 21.5. The molecule has 2 heterocycles. The number of benzene rings is 1. The van der Waals surface area contributed by atoms with Gasteiger partial charge in [0.1, 0.15) is 6.04 Å². The minimum absolute atomic E-state index is 0.0696. The summed E-state index contributed by atoms with van der Waals surface area (Å²) in [5.74, 6) is -1.68. The molecule has 1 aromatic carbocycles. The van der Waals surface area contributed by atoms with Gasteiger partial charge in [-0.3, -0.25) is 29.4 Å². The van der Waals surface area contributed by atoms with Crippen molar-refractivity contribution in [3.63, 3.8) is 0 Å². The Labute approximate surface area is 261 Å². The van der Waals surface area contributed by atoms with Gasteiger partial charge < -0.3 is 38.5 Å². The molecule has 2 N–H and O–H groups in total. The predicted octanol–water partition coefficient (Wildman–Crippen LogP) is 0.855. The van der Waals surface area contributed by atoms with Gasteiger partial charge >= 0.3 is 0 Å². The van der Waals surface area contributed by atoms with Crippen molar-refractivity contribution < 1.29 is 52.3 Å². The molecule has 1 fully saturated rings. The lowest BCUT2D eigenvalue weighted by atomic mass is 10.0. The minimum Gasteiger partial charge on any atom is -0.382 e. The molecule has 1 unspecified atom stereocenters. The van der Waals surface area contributed by atoms with Gasteiger partial charge in [0.15, 0.2) is 0 Å². The van der Waals surface area contributed by atoms with E-state index in [9.17, 15) is 19.2 Å². The average molecular weight is 644 g/mol. The number of piperidine rings is 1. The minimum atomic E-state index is -1.00. The summed E-state index contributed by atoms with van der Waals surface area (Å²) >= 11 is 5.51. The quantitative estimate of drug-likeness (QED) is 0.0880. The van der Waals surface area contributed by atoms with Gasteiger partial charge in [-0.25, -0.2) is 0 Å². The van der Waals surface area contributed by atoms with E-state index in [1.54, 1.807) is 18.2 Å². The summed E-state index contributed by atoms with van der Waals surface area (Å²) in [7, 11) is 0. The third kappa shape index (κ3) is 12.0. The van der Waals surface area contributed by atoms with Crippen LogP contribution in [0.4, 0.5) is 5.69 Å². The van der Waals surface area contributed by atoms with Crippen LogP contribution in [0.25, 0.3) is 0 Å². The molecule has 0 saturated carbocycles. The van der Waals surface area contributed by atoms with E-state index >= 15 is 0 Å². The van der Waals surface area contributed by atoms with E-state index in [4.69, 9.17) is 44.8 Å². The molecule has 0 radical (unpaired) electrons. The maximum absolute atomic E-state index is 13.1. The third-order valence-electron chi connectivity index (χ3n) is 6.48. The lowest BCUT2D eigenvalue weighted by Crippen LogP contribution is -2.54. The summed E-state index contributed by atoms with van der Waals surface area (Å²) < 4.78 is 37.9. The van der Waals surface area contributed by atoms with Crippen LogP contribution in [-0.4, -0.2) is 139 Å². The maximum atomic E-state index is 13.1. The summed E-state index contributed by atoms with van der Waals surface area (Å²) in [6.07, 6.45) is 0.177. The van der Waals surface area contributed by atoms with E-state index in [-0.39, 0.29) is 24.0 Å². The molecule has 1 atom stereocenters. The Balaban J connectivity index is 1.14. The fraction of sp³-hybridized carbons (Fsp3) is 0.655. The zero-order chi connectivity index (χ0) is 31.4. The van der Waals surface area contributed by atoms with E-state index in [1.807, 2.05) is 0 Å². The van der Waals surface area contributed by atoms with Gasteiger partial charge in [-0.2, -0.15) is 0 Å². The Morgan fingerprint density at radius 3 is 1.70 bits per heavy atom. The van der Waals surface area contributed by atoms with E-state index in [2.05, 4.69) is 10.6 Å². The molecular weight excluding hydrogens is 602 g/mol. The molecule has 15 heteroatoms. The van der Waals surface area contributed by atoms with Crippen LogP contribution in [0, 0.1) is 0 Å². The normalized spacial score (nSPS) is 16.5. The summed E-state index contributed by atoms with van der Waals surface area (Å²) in [4.78, 5) is 50.7. The van der Waals surface area contributed by atoms with Crippen molar-refractivity contribution in [1.29, 1.82) is 0 Å². The zero-order valence-electron chi connectivity index (χ0n) is 24.9. The van der Waals surface area contributed by atoms with E-state index in [1.165, 1.54) is 0 Å². The number of nitrogens with one attached hydrogen (secondary N) is 2. The highest BCUT2D eigenvalue weighted by atomic mass is 35.5. The number of amides is 4. The van der Waals surface area contributed by atoms with Crippen molar-refractivity contribution in [3.05, 3.63) is 29.3 Å². The molecule has 246 valence electrons.